The molecule has 2 aliphatic heterocycles. The van der Waals surface area contributed by atoms with Crippen LogP contribution in [-0.4, -0.2) is 61.8 Å². The summed E-state index contributed by atoms with van der Waals surface area (Å²) in [5.41, 5.74) is 1.07. The highest BCUT2D eigenvalue weighted by Gasteiger charge is 2.35. The van der Waals surface area contributed by atoms with Gasteiger partial charge < -0.3 is 4.90 Å². The summed E-state index contributed by atoms with van der Waals surface area (Å²) >= 11 is 6.31. The minimum atomic E-state index is -2.99. The molecule has 0 radical (unpaired) electrons. The zero-order valence-electron chi connectivity index (χ0n) is 13.8. The molecule has 0 aromatic heterocycles. The summed E-state index contributed by atoms with van der Waals surface area (Å²) in [5, 5.41) is 0.733. The van der Waals surface area contributed by atoms with Crippen LogP contribution in [0.25, 0.3) is 0 Å². The van der Waals surface area contributed by atoms with Gasteiger partial charge in [0.15, 0.2) is 9.84 Å². The summed E-state index contributed by atoms with van der Waals surface area (Å²) in [6.45, 7) is 1.17. The van der Waals surface area contributed by atoms with Crippen LogP contribution < -0.4 is 0 Å². The number of hydrogen-bond acceptors (Lipinski definition) is 4. The fraction of sp³-hybridized carbons (Fsp3) is 0.588. The van der Waals surface area contributed by atoms with Crippen LogP contribution >= 0.6 is 11.6 Å². The first kappa shape index (κ1) is 17.7. The standard InChI is InChI=1S/C17H23ClN2O3S/c1-19(13-8-10-24(22,23)12-13)17(21)11-20-9-4-7-16(20)14-5-2-3-6-15(14)18/h2-3,5-6,13,16H,4,7-12H2,1H3. The molecular weight excluding hydrogens is 348 g/mol. The summed E-state index contributed by atoms with van der Waals surface area (Å²) < 4.78 is 23.2. The smallest absolute Gasteiger partial charge is 0.236 e. The Morgan fingerprint density at radius 3 is 2.75 bits per heavy atom. The maximum atomic E-state index is 12.6. The van der Waals surface area contributed by atoms with Crippen LogP contribution in [0.5, 0.6) is 0 Å². The van der Waals surface area contributed by atoms with Gasteiger partial charge in [-0.05, 0) is 37.4 Å². The number of nitrogens with zero attached hydrogens (tertiary/aromatic N) is 2. The number of likely N-dealkylation sites (N-methyl/N-ethyl adjacent to an activating group) is 1. The van der Waals surface area contributed by atoms with E-state index in [2.05, 4.69) is 4.90 Å². The van der Waals surface area contributed by atoms with Gasteiger partial charge >= 0.3 is 0 Å². The first-order valence-corrected chi connectivity index (χ1v) is 10.5. The molecule has 1 aromatic carbocycles. The van der Waals surface area contributed by atoms with Gasteiger partial charge in [0.2, 0.25) is 5.91 Å². The van der Waals surface area contributed by atoms with E-state index in [1.54, 1.807) is 11.9 Å². The van der Waals surface area contributed by atoms with Crippen LogP contribution in [-0.2, 0) is 14.6 Å². The number of rotatable bonds is 4. The van der Waals surface area contributed by atoms with Gasteiger partial charge in [-0.1, -0.05) is 29.8 Å². The Kier molecular flexibility index (Phi) is 5.18. The molecule has 5 nitrogen and oxygen atoms in total. The van der Waals surface area contributed by atoms with Gasteiger partial charge in [0.05, 0.1) is 18.1 Å². The largest absolute Gasteiger partial charge is 0.341 e. The maximum Gasteiger partial charge on any atom is 0.236 e. The lowest BCUT2D eigenvalue weighted by Gasteiger charge is -2.29. The molecule has 0 aliphatic carbocycles. The molecule has 2 unspecified atom stereocenters. The molecule has 7 heteroatoms. The summed E-state index contributed by atoms with van der Waals surface area (Å²) in [6, 6.07) is 7.74. The average Bonchev–Trinajstić information content (AvgIpc) is 3.13. The molecule has 2 atom stereocenters. The molecule has 0 spiro atoms. The van der Waals surface area contributed by atoms with E-state index >= 15 is 0 Å². The van der Waals surface area contributed by atoms with E-state index in [1.165, 1.54) is 0 Å². The van der Waals surface area contributed by atoms with Crippen molar-refractivity contribution in [2.24, 2.45) is 0 Å². The highest BCUT2D eigenvalue weighted by Crippen LogP contribution is 2.35. The minimum absolute atomic E-state index is 0.0175. The Morgan fingerprint density at radius 2 is 2.08 bits per heavy atom. The van der Waals surface area contributed by atoms with Gasteiger partial charge in [-0.15, -0.1) is 0 Å². The van der Waals surface area contributed by atoms with Crippen molar-refractivity contribution in [3.63, 3.8) is 0 Å². The van der Waals surface area contributed by atoms with Crippen LogP contribution in [0.2, 0.25) is 5.02 Å². The second-order valence-electron chi connectivity index (χ2n) is 6.71. The van der Waals surface area contributed by atoms with E-state index in [4.69, 9.17) is 11.6 Å². The Morgan fingerprint density at radius 1 is 1.33 bits per heavy atom. The molecule has 0 saturated carbocycles. The highest BCUT2D eigenvalue weighted by molar-refractivity contribution is 7.91. The fourth-order valence-corrected chi connectivity index (χ4v) is 5.72. The lowest BCUT2D eigenvalue weighted by atomic mass is 10.0. The quantitative estimate of drug-likeness (QED) is 0.814. The molecule has 0 N–H and O–H groups in total. The van der Waals surface area contributed by atoms with E-state index in [-0.39, 0.29) is 29.5 Å². The maximum absolute atomic E-state index is 12.6. The zero-order chi connectivity index (χ0) is 17.3. The Labute approximate surface area is 148 Å². The number of benzene rings is 1. The highest BCUT2D eigenvalue weighted by atomic mass is 35.5. The van der Waals surface area contributed by atoms with E-state index < -0.39 is 9.84 Å². The van der Waals surface area contributed by atoms with Gasteiger partial charge in [-0.3, -0.25) is 9.69 Å². The monoisotopic (exact) mass is 370 g/mol. The van der Waals surface area contributed by atoms with Crippen LogP contribution in [0.15, 0.2) is 24.3 Å². The minimum Gasteiger partial charge on any atom is -0.341 e. The van der Waals surface area contributed by atoms with Crippen molar-refractivity contribution >= 4 is 27.3 Å². The third-order valence-electron chi connectivity index (χ3n) is 5.12. The molecule has 2 saturated heterocycles. The molecule has 24 heavy (non-hydrogen) atoms. The van der Waals surface area contributed by atoms with Crippen molar-refractivity contribution in [2.45, 2.75) is 31.3 Å². The van der Waals surface area contributed by atoms with Crippen LogP contribution in [0.1, 0.15) is 30.9 Å². The fourth-order valence-electron chi connectivity index (χ4n) is 3.68. The van der Waals surface area contributed by atoms with Gasteiger partial charge in [0, 0.05) is 24.2 Å². The number of likely N-dealkylation sites (tertiary alicyclic amines) is 1. The number of amides is 1. The number of carbonyl (C=O) groups excluding carboxylic acids is 1. The van der Waals surface area contributed by atoms with Crippen molar-refractivity contribution in [3.05, 3.63) is 34.9 Å². The predicted molar refractivity (Wildman–Crippen MR) is 94.8 cm³/mol. The third kappa shape index (κ3) is 3.76. The topological polar surface area (TPSA) is 57.7 Å². The molecule has 2 fully saturated rings. The van der Waals surface area contributed by atoms with E-state index in [0.29, 0.717) is 13.0 Å². The van der Waals surface area contributed by atoms with E-state index in [1.807, 2.05) is 24.3 Å². The van der Waals surface area contributed by atoms with Gasteiger partial charge in [0.25, 0.3) is 0 Å². The van der Waals surface area contributed by atoms with Gasteiger partial charge in [-0.25, -0.2) is 8.42 Å². The summed E-state index contributed by atoms with van der Waals surface area (Å²) in [6.07, 6.45) is 2.56. The summed E-state index contributed by atoms with van der Waals surface area (Å²) in [7, 11) is -1.27. The Balaban J connectivity index is 1.66. The summed E-state index contributed by atoms with van der Waals surface area (Å²) in [5.74, 6) is 0.251. The molecule has 1 amide bonds. The average molecular weight is 371 g/mol. The van der Waals surface area contributed by atoms with Gasteiger partial charge in [0.1, 0.15) is 0 Å². The Hall–Kier alpha value is -1.11. The summed E-state index contributed by atoms with van der Waals surface area (Å²) in [4.78, 5) is 16.4. The number of sulfone groups is 1. The third-order valence-corrected chi connectivity index (χ3v) is 7.21. The van der Waals surface area contributed by atoms with Crippen molar-refractivity contribution in [2.75, 3.05) is 31.6 Å². The van der Waals surface area contributed by atoms with Crippen molar-refractivity contribution < 1.29 is 13.2 Å². The van der Waals surface area contributed by atoms with Crippen molar-refractivity contribution in [3.8, 4) is 0 Å². The molecule has 3 rings (SSSR count). The molecule has 1 aromatic rings. The SMILES string of the molecule is CN(C(=O)CN1CCCC1c1ccccc1Cl)C1CCS(=O)(=O)C1. The lowest BCUT2D eigenvalue weighted by molar-refractivity contribution is -0.133. The molecule has 0 bridgehead atoms. The first-order valence-electron chi connectivity index (χ1n) is 8.32. The molecule has 132 valence electrons. The molecule has 2 aliphatic rings. The second kappa shape index (κ2) is 7.02. The molecule has 2 heterocycles. The zero-order valence-corrected chi connectivity index (χ0v) is 15.4. The molecular formula is C17H23ClN2O3S. The van der Waals surface area contributed by atoms with Gasteiger partial charge in [-0.2, -0.15) is 0 Å². The van der Waals surface area contributed by atoms with Crippen molar-refractivity contribution in [1.82, 2.24) is 9.80 Å². The number of hydrogen-bond donors (Lipinski definition) is 0. The van der Waals surface area contributed by atoms with E-state index in [0.717, 1.165) is 30.0 Å². The second-order valence-corrected chi connectivity index (χ2v) is 9.35. The van der Waals surface area contributed by atoms with E-state index in [9.17, 15) is 13.2 Å². The first-order chi connectivity index (χ1) is 11.4. The predicted octanol–water partition coefficient (Wildman–Crippen LogP) is 2.12. The number of carbonyl (C=O) groups is 1. The normalized spacial score (nSPS) is 26.6. The Bertz CT molecular complexity index is 722. The van der Waals surface area contributed by atoms with Crippen LogP contribution in [0.3, 0.4) is 0 Å². The van der Waals surface area contributed by atoms with Crippen LogP contribution in [0, 0.1) is 0 Å². The number of halogens is 1. The lowest BCUT2D eigenvalue weighted by Crippen LogP contribution is -2.43. The van der Waals surface area contributed by atoms with Crippen LogP contribution in [0.4, 0.5) is 0 Å². The van der Waals surface area contributed by atoms with Crippen molar-refractivity contribution in [1.29, 1.82) is 0 Å².